The van der Waals surface area contributed by atoms with Crippen LogP contribution >= 0.6 is 0 Å². The molecular formula is C17H27NO3Si. The van der Waals surface area contributed by atoms with Crippen molar-refractivity contribution in [3.05, 3.63) is 34.4 Å². The van der Waals surface area contributed by atoms with Gasteiger partial charge < -0.3 is 10.5 Å². The highest BCUT2D eigenvalue weighted by molar-refractivity contribution is 6.76. The van der Waals surface area contributed by atoms with E-state index >= 15 is 0 Å². The smallest absolute Gasteiger partial charge is 0.338 e. The number of benzene rings is 1. The van der Waals surface area contributed by atoms with Gasteiger partial charge in [-0.15, -0.1) is 0 Å². The minimum absolute atomic E-state index is 0.255. The number of aryl methyl sites for hydroxylation is 3. The average molecular weight is 321 g/mol. The Morgan fingerprint density at radius 1 is 1.14 bits per heavy atom. The molecule has 0 fully saturated rings. The Balaban J connectivity index is 2.78. The van der Waals surface area contributed by atoms with E-state index in [0.29, 0.717) is 25.0 Å². The molecule has 122 valence electrons. The molecule has 0 saturated carbocycles. The lowest BCUT2D eigenvalue weighted by molar-refractivity contribution is -0.117. The van der Waals surface area contributed by atoms with E-state index in [-0.39, 0.29) is 11.9 Å². The van der Waals surface area contributed by atoms with Crippen LogP contribution in [0.4, 0.5) is 0 Å². The largest absolute Gasteiger partial charge is 0.462 e. The second-order valence-electron chi connectivity index (χ2n) is 7.02. The van der Waals surface area contributed by atoms with Gasteiger partial charge in [0, 0.05) is 14.5 Å². The van der Waals surface area contributed by atoms with Gasteiger partial charge in [-0.3, -0.25) is 4.79 Å². The number of primary amides is 1. The molecule has 2 N–H and O–H groups in total. The maximum absolute atomic E-state index is 12.3. The number of hydrogen-bond acceptors (Lipinski definition) is 3. The summed E-state index contributed by atoms with van der Waals surface area (Å²) in [5.74, 6) is -0.570. The summed E-state index contributed by atoms with van der Waals surface area (Å²) in [6.45, 7) is 11.0. The molecule has 0 atom stereocenters. The van der Waals surface area contributed by atoms with E-state index in [1.54, 1.807) is 0 Å². The number of esters is 1. The van der Waals surface area contributed by atoms with Crippen LogP contribution in [0.1, 0.15) is 33.5 Å². The van der Waals surface area contributed by atoms with Crippen molar-refractivity contribution in [1.82, 2.24) is 0 Å². The van der Waals surface area contributed by atoms with Crippen molar-refractivity contribution in [1.29, 1.82) is 0 Å². The summed E-state index contributed by atoms with van der Waals surface area (Å²) in [4.78, 5) is 23.1. The molecule has 22 heavy (non-hydrogen) atoms. The summed E-state index contributed by atoms with van der Waals surface area (Å²) in [5, 5.41) is 0. The summed E-state index contributed by atoms with van der Waals surface area (Å²) in [5.41, 5.74) is 8.61. The van der Waals surface area contributed by atoms with Crippen molar-refractivity contribution in [2.45, 2.75) is 52.4 Å². The predicted molar refractivity (Wildman–Crippen MR) is 91.9 cm³/mol. The quantitative estimate of drug-likeness (QED) is 0.619. The van der Waals surface area contributed by atoms with Crippen molar-refractivity contribution in [3.63, 3.8) is 0 Å². The van der Waals surface area contributed by atoms with Gasteiger partial charge in [0.2, 0.25) is 5.91 Å². The van der Waals surface area contributed by atoms with E-state index in [9.17, 15) is 9.59 Å². The van der Waals surface area contributed by atoms with Gasteiger partial charge in [-0.2, -0.15) is 0 Å². The van der Waals surface area contributed by atoms with Gasteiger partial charge in [-0.05, 0) is 43.0 Å². The van der Waals surface area contributed by atoms with E-state index in [1.165, 1.54) is 0 Å². The molecule has 0 unspecified atom stereocenters. The summed E-state index contributed by atoms with van der Waals surface area (Å²) >= 11 is 0. The zero-order valence-electron chi connectivity index (χ0n) is 14.3. The minimum Gasteiger partial charge on any atom is -0.462 e. The maximum atomic E-state index is 12.3. The van der Waals surface area contributed by atoms with Crippen molar-refractivity contribution in [2.24, 2.45) is 5.73 Å². The van der Waals surface area contributed by atoms with Crippen LogP contribution in [0.2, 0.25) is 25.7 Å². The summed E-state index contributed by atoms with van der Waals surface area (Å²) in [6.07, 6.45) is 0.918. The third-order valence-corrected chi connectivity index (χ3v) is 5.25. The van der Waals surface area contributed by atoms with Crippen LogP contribution in [0.3, 0.4) is 0 Å². The third-order valence-electron chi connectivity index (χ3n) is 3.54. The van der Waals surface area contributed by atoms with Gasteiger partial charge in [0.1, 0.15) is 0 Å². The highest BCUT2D eigenvalue weighted by atomic mass is 28.3. The fourth-order valence-electron chi connectivity index (χ4n) is 2.31. The lowest BCUT2D eigenvalue weighted by Gasteiger charge is -2.16. The van der Waals surface area contributed by atoms with Gasteiger partial charge in [0.25, 0.3) is 0 Å². The summed E-state index contributed by atoms with van der Waals surface area (Å²) in [6, 6.07) is 4.84. The Hall–Kier alpha value is -1.62. The van der Waals surface area contributed by atoms with Crippen LogP contribution < -0.4 is 5.73 Å². The van der Waals surface area contributed by atoms with E-state index in [1.807, 2.05) is 26.0 Å². The maximum Gasteiger partial charge on any atom is 0.338 e. The molecule has 1 amide bonds. The number of hydrogen-bond donors (Lipinski definition) is 1. The van der Waals surface area contributed by atoms with E-state index in [2.05, 4.69) is 19.6 Å². The van der Waals surface area contributed by atoms with E-state index in [4.69, 9.17) is 10.5 Å². The van der Waals surface area contributed by atoms with Crippen molar-refractivity contribution < 1.29 is 14.3 Å². The normalized spacial score (nSPS) is 11.3. The lowest BCUT2D eigenvalue weighted by atomic mass is 9.97. The highest BCUT2D eigenvalue weighted by Crippen LogP contribution is 2.19. The lowest BCUT2D eigenvalue weighted by Crippen LogP contribution is -2.23. The monoisotopic (exact) mass is 321 g/mol. The first-order chi connectivity index (χ1) is 10.1. The summed E-state index contributed by atoms with van der Waals surface area (Å²) in [7, 11) is -1.20. The second-order valence-corrected chi connectivity index (χ2v) is 12.6. The van der Waals surface area contributed by atoms with Crippen molar-refractivity contribution in [3.8, 4) is 0 Å². The fourth-order valence-corrected chi connectivity index (χ4v) is 3.02. The Bertz CT molecular complexity index is 539. The van der Waals surface area contributed by atoms with E-state index in [0.717, 1.165) is 22.7 Å². The van der Waals surface area contributed by atoms with Crippen LogP contribution in [-0.2, 0) is 16.0 Å². The van der Waals surface area contributed by atoms with Crippen molar-refractivity contribution >= 4 is 20.0 Å². The third kappa shape index (κ3) is 6.01. The Morgan fingerprint density at radius 2 is 1.68 bits per heavy atom. The molecule has 1 rings (SSSR count). The molecule has 0 aliphatic rings. The number of ether oxygens (including phenoxy) is 1. The molecule has 0 spiro atoms. The predicted octanol–water partition coefficient (Wildman–Crippen LogP) is 3.22. The molecule has 0 saturated heterocycles. The fraction of sp³-hybridized carbons (Fsp3) is 0.529. The van der Waals surface area contributed by atoms with Crippen LogP contribution in [0.5, 0.6) is 0 Å². The molecule has 0 heterocycles. The molecule has 0 aliphatic carbocycles. The Kier molecular flexibility index (Phi) is 6.35. The van der Waals surface area contributed by atoms with Crippen LogP contribution in [0, 0.1) is 13.8 Å². The number of rotatable bonds is 7. The van der Waals surface area contributed by atoms with Gasteiger partial charge >= 0.3 is 5.97 Å². The van der Waals surface area contributed by atoms with Crippen LogP contribution in [0.25, 0.3) is 0 Å². The number of amides is 1. The van der Waals surface area contributed by atoms with Gasteiger partial charge in [0.05, 0.1) is 12.2 Å². The first kappa shape index (κ1) is 18.4. The van der Waals surface area contributed by atoms with Crippen LogP contribution in [0.15, 0.2) is 12.1 Å². The number of carbonyl (C=O) groups is 2. The molecule has 0 radical (unpaired) electrons. The molecule has 0 aromatic heterocycles. The first-order valence-electron chi connectivity index (χ1n) is 7.66. The molecule has 5 heteroatoms. The van der Waals surface area contributed by atoms with E-state index < -0.39 is 8.07 Å². The first-order valence-corrected chi connectivity index (χ1v) is 11.4. The van der Waals surface area contributed by atoms with Gasteiger partial charge in [0.15, 0.2) is 0 Å². The zero-order valence-corrected chi connectivity index (χ0v) is 15.3. The topological polar surface area (TPSA) is 69.4 Å². The van der Waals surface area contributed by atoms with Crippen molar-refractivity contribution in [2.75, 3.05) is 6.61 Å². The Morgan fingerprint density at radius 3 is 2.14 bits per heavy atom. The molecule has 4 nitrogen and oxygen atoms in total. The minimum atomic E-state index is -1.20. The molecule has 1 aromatic carbocycles. The van der Waals surface area contributed by atoms with Gasteiger partial charge in [-0.1, -0.05) is 31.8 Å². The summed E-state index contributed by atoms with van der Waals surface area (Å²) < 4.78 is 5.43. The zero-order chi connectivity index (χ0) is 16.9. The SMILES string of the molecule is Cc1cc(CCC(N)=O)cc(C)c1C(=O)OCC[Si](C)(C)C. The molecule has 0 aliphatic heterocycles. The molecule has 0 bridgehead atoms. The number of nitrogens with two attached hydrogens (primary N) is 1. The van der Waals surface area contributed by atoms with Gasteiger partial charge in [-0.25, -0.2) is 4.79 Å². The average Bonchev–Trinajstić information content (AvgIpc) is 2.33. The number of carbonyl (C=O) groups excluding carboxylic acids is 2. The highest BCUT2D eigenvalue weighted by Gasteiger charge is 2.17. The molecular weight excluding hydrogens is 294 g/mol. The van der Waals surface area contributed by atoms with Crippen LogP contribution in [-0.4, -0.2) is 26.6 Å². The standard InChI is InChI=1S/C17H27NO3Si/c1-12-10-14(6-7-15(18)19)11-13(2)16(12)17(20)21-8-9-22(3,4)5/h10-11H,6-9H2,1-5H3,(H2,18,19). The Labute approximate surface area is 134 Å². The second kappa shape index (κ2) is 7.58. The molecule has 1 aromatic rings.